The molecule has 0 radical (unpaired) electrons. The van der Waals surface area contributed by atoms with Crippen molar-refractivity contribution in [2.24, 2.45) is 12.5 Å². The van der Waals surface area contributed by atoms with Crippen LogP contribution in [0.1, 0.15) is 37.2 Å². The van der Waals surface area contributed by atoms with Crippen molar-refractivity contribution in [3.8, 4) is 10.8 Å². The molecule has 0 amide bonds. The van der Waals surface area contributed by atoms with E-state index in [4.69, 9.17) is 4.52 Å². The Morgan fingerprint density at radius 2 is 2.09 bits per heavy atom. The second-order valence-electron chi connectivity index (χ2n) is 6.57. The summed E-state index contributed by atoms with van der Waals surface area (Å²) in [5.74, 6) is 1.20. The van der Waals surface area contributed by atoms with Gasteiger partial charge in [0.2, 0.25) is 0 Å². The highest BCUT2D eigenvalue weighted by atomic mass is 32.1. The Bertz CT molecular complexity index is 765. The van der Waals surface area contributed by atoms with Crippen LogP contribution in [0.2, 0.25) is 0 Å². The molecule has 0 spiro atoms. The fourth-order valence-electron chi connectivity index (χ4n) is 2.12. The average molecular weight is 317 g/mol. The van der Waals surface area contributed by atoms with E-state index in [1.807, 2.05) is 25.6 Å². The lowest BCUT2D eigenvalue weighted by molar-refractivity contribution is 0.410. The molecule has 22 heavy (non-hydrogen) atoms. The Labute approximate surface area is 133 Å². The molecule has 6 nitrogen and oxygen atoms in total. The number of rotatable bonds is 4. The van der Waals surface area contributed by atoms with Gasteiger partial charge in [-0.25, -0.2) is 4.98 Å². The van der Waals surface area contributed by atoms with Crippen LogP contribution >= 0.6 is 11.3 Å². The van der Waals surface area contributed by atoms with E-state index >= 15 is 0 Å². The number of hydrogen-bond acceptors (Lipinski definition) is 6. The van der Waals surface area contributed by atoms with E-state index in [2.05, 4.69) is 41.0 Å². The molecule has 0 fully saturated rings. The molecular weight excluding hydrogens is 298 g/mol. The summed E-state index contributed by atoms with van der Waals surface area (Å²) in [4.78, 5) is 9.82. The number of nitrogens with zero attached hydrogens (tertiary/aromatic N) is 5. The van der Waals surface area contributed by atoms with Gasteiger partial charge in [-0.05, 0) is 11.0 Å². The molecule has 3 heterocycles. The predicted molar refractivity (Wildman–Crippen MR) is 84.6 cm³/mol. The summed E-state index contributed by atoms with van der Waals surface area (Å²) in [6.45, 7) is 6.60. The molecule has 0 unspecified atom stereocenters. The number of thiazole rings is 1. The topological polar surface area (TPSA) is 69.6 Å². The Morgan fingerprint density at radius 3 is 2.77 bits per heavy atom. The van der Waals surface area contributed by atoms with Crippen molar-refractivity contribution in [1.82, 2.24) is 24.9 Å². The van der Waals surface area contributed by atoms with Gasteiger partial charge in [0.25, 0.3) is 5.89 Å². The first-order chi connectivity index (χ1) is 10.4. The van der Waals surface area contributed by atoms with Crippen molar-refractivity contribution in [2.75, 3.05) is 0 Å². The highest BCUT2D eigenvalue weighted by molar-refractivity contribution is 7.15. The second kappa shape index (κ2) is 5.64. The number of aryl methyl sites for hydroxylation is 1. The minimum Gasteiger partial charge on any atom is -0.333 e. The highest BCUT2D eigenvalue weighted by Gasteiger charge is 2.17. The molecule has 7 heteroatoms. The van der Waals surface area contributed by atoms with Gasteiger partial charge in [-0.2, -0.15) is 10.1 Å². The van der Waals surface area contributed by atoms with Crippen molar-refractivity contribution in [1.29, 1.82) is 0 Å². The lowest BCUT2D eigenvalue weighted by Crippen LogP contribution is -2.08. The van der Waals surface area contributed by atoms with Crippen LogP contribution in [0.5, 0.6) is 0 Å². The molecule has 3 aromatic heterocycles. The molecule has 3 rings (SSSR count). The maximum Gasteiger partial charge on any atom is 0.269 e. The van der Waals surface area contributed by atoms with E-state index in [0.717, 1.165) is 21.9 Å². The molecule has 0 aromatic carbocycles. The Morgan fingerprint density at radius 1 is 1.27 bits per heavy atom. The van der Waals surface area contributed by atoms with E-state index in [0.29, 0.717) is 18.1 Å². The van der Waals surface area contributed by atoms with Gasteiger partial charge < -0.3 is 4.52 Å². The van der Waals surface area contributed by atoms with Crippen LogP contribution in [0.3, 0.4) is 0 Å². The minimum absolute atomic E-state index is 0.218. The second-order valence-corrected chi connectivity index (χ2v) is 7.69. The highest BCUT2D eigenvalue weighted by Crippen LogP contribution is 2.29. The summed E-state index contributed by atoms with van der Waals surface area (Å²) in [5, 5.41) is 9.27. The molecule has 0 aliphatic heterocycles. The summed E-state index contributed by atoms with van der Waals surface area (Å²) >= 11 is 1.61. The van der Waals surface area contributed by atoms with Gasteiger partial charge in [0.15, 0.2) is 5.82 Å². The van der Waals surface area contributed by atoms with E-state index < -0.39 is 0 Å². The SMILES string of the molecule is Cn1cc(Cc2noc(-c3cnc(CC(C)(C)C)s3)n2)cn1. The molecule has 0 N–H and O–H groups in total. The van der Waals surface area contributed by atoms with Crippen LogP contribution in [-0.2, 0) is 19.9 Å². The van der Waals surface area contributed by atoms with Crippen LogP contribution in [0.15, 0.2) is 23.1 Å². The lowest BCUT2D eigenvalue weighted by Gasteiger charge is -2.15. The lowest BCUT2D eigenvalue weighted by atomic mass is 9.93. The first kappa shape index (κ1) is 14.9. The third-order valence-corrected chi connectivity index (χ3v) is 4.02. The minimum atomic E-state index is 0.218. The van der Waals surface area contributed by atoms with Crippen molar-refractivity contribution in [2.45, 2.75) is 33.6 Å². The smallest absolute Gasteiger partial charge is 0.269 e. The first-order valence-electron chi connectivity index (χ1n) is 7.14. The molecule has 0 aliphatic carbocycles. The Hall–Kier alpha value is -2.02. The maximum absolute atomic E-state index is 5.36. The molecule has 116 valence electrons. The number of hydrogen-bond donors (Lipinski definition) is 0. The van der Waals surface area contributed by atoms with E-state index in [1.54, 1.807) is 16.0 Å². The molecule has 0 bridgehead atoms. The van der Waals surface area contributed by atoms with Crippen LogP contribution < -0.4 is 0 Å². The van der Waals surface area contributed by atoms with Crippen molar-refractivity contribution < 1.29 is 4.52 Å². The molecule has 3 aromatic rings. The summed E-state index contributed by atoms with van der Waals surface area (Å²) in [6, 6.07) is 0. The van der Waals surface area contributed by atoms with Crippen molar-refractivity contribution in [3.63, 3.8) is 0 Å². The molecule has 0 saturated carbocycles. The third-order valence-electron chi connectivity index (χ3n) is 3.03. The van der Waals surface area contributed by atoms with Crippen LogP contribution in [0.25, 0.3) is 10.8 Å². The van der Waals surface area contributed by atoms with Crippen molar-refractivity contribution >= 4 is 11.3 Å². The largest absolute Gasteiger partial charge is 0.333 e. The van der Waals surface area contributed by atoms with E-state index in [-0.39, 0.29) is 5.41 Å². The normalized spacial score (nSPS) is 12.0. The summed E-state index contributed by atoms with van der Waals surface area (Å²) in [5.41, 5.74) is 1.28. The molecule has 0 saturated heterocycles. The van der Waals surface area contributed by atoms with Gasteiger partial charge in [-0.15, -0.1) is 11.3 Å². The van der Waals surface area contributed by atoms with E-state index in [9.17, 15) is 0 Å². The maximum atomic E-state index is 5.36. The monoisotopic (exact) mass is 317 g/mol. The summed E-state index contributed by atoms with van der Waals surface area (Å²) in [6.07, 6.45) is 7.13. The fourth-order valence-corrected chi connectivity index (χ4v) is 3.26. The third kappa shape index (κ3) is 3.59. The zero-order valence-corrected chi connectivity index (χ0v) is 14.0. The molecular formula is C15H19N5OS. The molecule has 0 aliphatic rings. The molecule has 0 atom stereocenters. The van der Waals surface area contributed by atoms with Gasteiger partial charge in [-0.1, -0.05) is 25.9 Å². The van der Waals surface area contributed by atoms with Gasteiger partial charge >= 0.3 is 0 Å². The first-order valence-corrected chi connectivity index (χ1v) is 7.96. The van der Waals surface area contributed by atoms with Crippen molar-refractivity contribution in [3.05, 3.63) is 35.0 Å². The van der Waals surface area contributed by atoms with Crippen LogP contribution in [0.4, 0.5) is 0 Å². The van der Waals surface area contributed by atoms with Crippen LogP contribution in [0, 0.1) is 5.41 Å². The average Bonchev–Trinajstić information content (AvgIpc) is 3.10. The van der Waals surface area contributed by atoms with Gasteiger partial charge in [0.1, 0.15) is 4.88 Å². The quantitative estimate of drug-likeness (QED) is 0.739. The summed E-state index contributed by atoms with van der Waals surface area (Å²) < 4.78 is 7.12. The summed E-state index contributed by atoms with van der Waals surface area (Å²) in [7, 11) is 1.89. The Balaban J connectivity index is 1.73. The number of aromatic nitrogens is 5. The van der Waals surface area contributed by atoms with Gasteiger partial charge in [0.05, 0.1) is 17.4 Å². The zero-order valence-electron chi connectivity index (χ0n) is 13.2. The van der Waals surface area contributed by atoms with E-state index in [1.165, 1.54) is 0 Å². The van der Waals surface area contributed by atoms with Gasteiger partial charge in [-0.3, -0.25) is 4.68 Å². The predicted octanol–water partition coefficient (Wildman–Crippen LogP) is 3.11. The van der Waals surface area contributed by atoms with Crippen LogP contribution in [-0.4, -0.2) is 24.9 Å². The Kier molecular flexibility index (Phi) is 3.82. The fraction of sp³-hybridized carbons (Fsp3) is 0.467. The standard InChI is InChI=1S/C15H19N5OS/c1-15(2,3)6-13-16-8-11(22-13)14-18-12(19-21-14)5-10-7-17-20(4)9-10/h7-9H,5-6H2,1-4H3. The van der Waals surface area contributed by atoms with Gasteiger partial charge in [0, 0.05) is 26.1 Å². The zero-order chi connectivity index (χ0) is 15.7.